The Labute approximate surface area is 98.4 Å². The molecule has 1 atom stereocenters. The molecule has 0 aromatic carbocycles. The van der Waals surface area contributed by atoms with E-state index < -0.39 is 10.0 Å². The summed E-state index contributed by atoms with van der Waals surface area (Å²) in [5.74, 6) is 0.0112. The Hall–Kier alpha value is -0.170. The molecule has 1 heterocycles. The van der Waals surface area contributed by atoms with Crippen LogP contribution >= 0.6 is 0 Å². The Morgan fingerprint density at radius 3 is 2.50 bits per heavy atom. The van der Waals surface area contributed by atoms with Crippen LogP contribution in [0.25, 0.3) is 0 Å². The van der Waals surface area contributed by atoms with Gasteiger partial charge in [0.15, 0.2) is 0 Å². The number of piperidine rings is 1. The molecule has 0 aliphatic carbocycles. The van der Waals surface area contributed by atoms with Crippen LogP contribution in [0.15, 0.2) is 0 Å². The smallest absolute Gasteiger partial charge is 0.213 e. The van der Waals surface area contributed by atoms with Crippen LogP contribution in [-0.2, 0) is 10.0 Å². The van der Waals surface area contributed by atoms with Gasteiger partial charge in [-0.05, 0) is 32.9 Å². The molecule has 1 aliphatic heterocycles. The van der Waals surface area contributed by atoms with Crippen molar-refractivity contribution in [2.24, 2.45) is 5.73 Å². The minimum absolute atomic E-state index is 0.0112. The number of sulfonamides is 1. The highest BCUT2D eigenvalue weighted by Gasteiger charge is 2.17. The van der Waals surface area contributed by atoms with Crippen LogP contribution in [0, 0.1) is 0 Å². The molecular weight excluding hydrogens is 226 g/mol. The van der Waals surface area contributed by atoms with E-state index in [4.69, 9.17) is 5.73 Å². The third-order valence-electron chi connectivity index (χ3n) is 2.75. The van der Waals surface area contributed by atoms with Crippen LogP contribution in [0.4, 0.5) is 0 Å². The van der Waals surface area contributed by atoms with Crippen molar-refractivity contribution < 1.29 is 8.42 Å². The fraction of sp³-hybridized carbons (Fsp3) is 1.00. The summed E-state index contributed by atoms with van der Waals surface area (Å²) >= 11 is 0. The van der Waals surface area contributed by atoms with Crippen LogP contribution in [0.2, 0.25) is 0 Å². The summed E-state index contributed by atoms with van der Waals surface area (Å²) in [6.45, 7) is 5.05. The van der Waals surface area contributed by atoms with E-state index >= 15 is 0 Å². The number of hydrogen-bond acceptors (Lipinski definition) is 4. The lowest BCUT2D eigenvalue weighted by molar-refractivity contribution is 0.215. The number of nitrogens with zero attached hydrogens (tertiary/aromatic N) is 1. The zero-order valence-corrected chi connectivity index (χ0v) is 10.8. The summed E-state index contributed by atoms with van der Waals surface area (Å²) in [7, 11) is -3.18. The molecule has 1 unspecified atom stereocenters. The van der Waals surface area contributed by atoms with Crippen molar-refractivity contribution in [3.63, 3.8) is 0 Å². The average molecular weight is 249 g/mol. The maximum absolute atomic E-state index is 11.5. The van der Waals surface area contributed by atoms with Gasteiger partial charge in [-0.3, -0.25) is 0 Å². The van der Waals surface area contributed by atoms with Crippen molar-refractivity contribution in [1.29, 1.82) is 0 Å². The first-order valence-electron chi connectivity index (χ1n) is 5.96. The third kappa shape index (κ3) is 5.25. The highest BCUT2D eigenvalue weighted by molar-refractivity contribution is 7.89. The van der Waals surface area contributed by atoms with Gasteiger partial charge >= 0.3 is 0 Å². The van der Waals surface area contributed by atoms with Gasteiger partial charge in [0, 0.05) is 19.1 Å². The van der Waals surface area contributed by atoms with Crippen molar-refractivity contribution >= 4 is 10.0 Å². The molecule has 6 heteroatoms. The monoisotopic (exact) mass is 249 g/mol. The lowest BCUT2D eigenvalue weighted by Crippen LogP contribution is -2.44. The van der Waals surface area contributed by atoms with Crippen molar-refractivity contribution in [1.82, 2.24) is 9.62 Å². The van der Waals surface area contributed by atoms with Gasteiger partial charge in [-0.1, -0.05) is 6.42 Å². The van der Waals surface area contributed by atoms with Crippen LogP contribution in [0.3, 0.4) is 0 Å². The standard InChI is InChI=1S/C10H23N3O2S/c1-10(12-16(14,15)8-5-11)9-13-6-3-2-4-7-13/h10,12H,2-9,11H2,1H3. The minimum atomic E-state index is -3.18. The molecule has 0 saturated carbocycles. The lowest BCUT2D eigenvalue weighted by Gasteiger charge is -2.29. The first-order chi connectivity index (χ1) is 7.53. The maximum atomic E-state index is 11.5. The zero-order chi connectivity index (χ0) is 12.0. The van der Waals surface area contributed by atoms with Crippen molar-refractivity contribution in [2.75, 3.05) is 31.9 Å². The van der Waals surface area contributed by atoms with Gasteiger partial charge in [0.05, 0.1) is 5.75 Å². The molecule has 0 radical (unpaired) electrons. The molecule has 0 bridgehead atoms. The Bertz CT molecular complexity index is 286. The van der Waals surface area contributed by atoms with E-state index in [0.29, 0.717) is 0 Å². The van der Waals surface area contributed by atoms with E-state index in [1.165, 1.54) is 19.3 Å². The van der Waals surface area contributed by atoms with Crippen LogP contribution in [0.1, 0.15) is 26.2 Å². The summed E-state index contributed by atoms with van der Waals surface area (Å²) in [5.41, 5.74) is 5.25. The van der Waals surface area contributed by atoms with E-state index in [0.717, 1.165) is 19.6 Å². The number of hydrogen-bond donors (Lipinski definition) is 2. The molecule has 1 aliphatic rings. The second-order valence-electron chi connectivity index (χ2n) is 4.49. The second kappa shape index (κ2) is 6.54. The second-order valence-corrected chi connectivity index (χ2v) is 6.36. The van der Waals surface area contributed by atoms with Gasteiger partial charge in [-0.2, -0.15) is 0 Å². The number of nitrogens with two attached hydrogens (primary N) is 1. The molecule has 0 amide bonds. The first kappa shape index (κ1) is 13.9. The fourth-order valence-corrected chi connectivity index (χ4v) is 3.20. The molecule has 1 rings (SSSR count). The van der Waals surface area contributed by atoms with Crippen molar-refractivity contribution in [3.8, 4) is 0 Å². The topological polar surface area (TPSA) is 75.4 Å². The Kier molecular flexibility index (Phi) is 5.68. The van der Waals surface area contributed by atoms with E-state index in [2.05, 4.69) is 9.62 Å². The van der Waals surface area contributed by atoms with E-state index in [1.807, 2.05) is 6.92 Å². The van der Waals surface area contributed by atoms with Gasteiger partial charge in [-0.25, -0.2) is 13.1 Å². The summed E-state index contributed by atoms with van der Waals surface area (Å²) in [4.78, 5) is 2.32. The third-order valence-corrected chi connectivity index (χ3v) is 4.28. The largest absolute Gasteiger partial charge is 0.329 e. The van der Waals surface area contributed by atoms with Gasteiger partial charge in [0.1, 0.15) is 0 Å². The molecule has 0 aromatic heterocycles. The minimum Gasteiger partial charge on any atom is -0.329 e. The Morgan fingerprint density at radius 2 is 1.94 bits per heavy atom. The normalized spacial score (nSPS) is 20.9. The first-order valence-corrected chi connectivity index (χ1v) is 7.61. The van der Waals surface area contributed by atoms with Gasteiger partial charge in [-0.15, -0.1) is 0 Å². The fourth-order valence-electron chi connectivity index (χ4n) is 2.09. The summed E-state index contributed by atoms with van der Waals surface area (Å²) in [6.07, 6.45) is 3.74. The lowest BCUT2D eigenvalue weighted by atomic mass is 10.1. The predicted molar refractivity (Wildman–Crippen MR) is 65.7 cm³/mol. The number of nitrogens with one attached hydrogen (secondary N) is 1. The molecule has 96 valence electrons. The molecule has 0 aromatic rings. The molecule has 0 spiro atoms. The van der Waals surface area contributed by atoms with Crippen molar-refractivity contribution in [2.45, 2.75) is 32.2 Å². The van der Waals surface area contributed by atoms with Crippen LogP contribution in [-0.4, -0.2) is 51.3 Å². The molecular formula is C10H23N3O2S. The van der Waals surface area contributed by atoms with Gasteiger partial charge < -0.3 is 10.6 Å². The quantitative estimate of drug-likeness (QED) is 0.680. The number of rotatable bonds is 6. The maximum Gasteiger partial charge on any atom is 0.213 e. The van der Waals surface area contributed by atoms with Crippen molar-refractivity contribution in [3.05, 3.63) is 0 Å². The average Bonchev–Trinajstić information content (AvgIpc) is 2.17. The predicted octanol–water partition coefficient (Wildman–Crippen LogP) is -0.261. The Balaban J connectivity index is 2.31. The zero-order valence-electron chi connectivity index (χ0n) is 9.98. The van der Waals surface area contributed by atoms with E-state index in [1.54, 1.807) is 0 Å². The SMILES string of the molecule is CC(CN1CCCCC1)NS(=O)(=O)CCN. The number of likely N-dealkylation sites (tertiary alicyclic amines) is 1. The highest BCUT2D eigenvalue weighted by atomic mass is 32.2. The van der Waals surface area contributed by atoms with Gasteiger partial charge in [0.25, 0.3) is 0 Å². The molecule has 16 heavy (non-hydrogen) atoms. The molecule has 5 nitrogen and oxygen atoms in total. The van der Waals surface area contributed by atoms with E-state index in [9.17, 15) is 8.42 Å². The highest BCUT2D eigenvalue weighted by Crippen LogP contribution is 2.08. The van der Waals surface area contributed by atoms with E-state index in [-0.39, 0.29) is 18.3 Å². The van der Waals surface area contributed by atoms with Crippen LogP contribution in [0.5, 0.6) is 0 Å². The Morgan fingerprint density at radius 1 is 1.31 bits per heavy atom. The van der Waals surface area contributed by atoms with Crippen LogP contribution < -0.4 is 10.5 Å². The summed E-state index contributed by atoms with van der Waals surface area (Å²) in [5, 5.41) is 0. The van der Waals surface area contributed by atoms with Gasteiger partial charge in [0.2, 0.25) is 10.0 Å². The molecule has 1 saturated heterocycles. The molecule has 1 fully saturated rings. The summed E-state index contributed by atoms with van der Waals surface area (Å²) < 4.78 is 25.6. The summed E-state index contributed by atoms with van der Waals surface area (Å²) in [6, 6.07) is -0.0327. The molecule has 3 N–H and O–H groups in total.